The summed E-state index contributed by atoms with van der Waals surface area (Å²) in [6.45, 7) is 2.37. The SMILES string of the molecule is COCCNC(=O)c1c(-c2ccccc2F)noc1C. The molecule has 0 bridgehead atoms. The fraction of sp³-hybridized carbons (Fsp3) is 0.286. The summed E-state index contributed by atoms with van der Waals surface area (Å²) >= 11 is 0. The Labute approximate surface area is 115 Å². The fourth-order valence-corrected chi connectivity index (χ4v) is 1.83. The molecule has 0 radical (unpaired) electrons. The van der Waals surface area contributed by atoms with E-state index in [2.05, 4.69) is 10.5 Å². The first kappa shape index (κ1) is 14.2. The first-order valence-corrected chi connectivity index (χ1v) is 6.13. The smallest absolute Gasteiger partial charge is 0.257 e. The average molecular weight is 278 g/mol. The van der Waals surface area contributed by atoms with Crippen LogP contribution in [0, 0.1) is 12.7 Å². The van der Waals surface area contributed by atoms with Crippen LogP contribution in [0.3, 0.4) is 0 Å². The summed E-state index contributed by atoms with van der Waals surface area (Å²) in [6.07, 6.45) is 0. The number of carbonyl (C=O) groups is 1. The number of aryl methyl sites for hydroxylation is 1. The van der Waals surface area contributed by atoms with Crippen LogP contribution in [0.1, 0.15) is 16.1 Å². The summed E-state index contributed by atoms with van der Waals surface area (Å²) in [6, 6.07) is 6.11. The Morgan fingerprint density at radius 1 is 1.45 bits per heavy atom. The molecule has 0 saturated carbocycles. The minimum absolute atomic E-state index is 0.204. The molecule has 2 rings (SSSR count). The number of nitrogens with one attached hydrogen (secondary N) is 1. The van der Waals surface area contributed by atoms with E-state index in [0.717, 1.165) is 0 Å². The van der Waals surface area contributed by atoms with Crippen molar-refractivity contribution in [3.63, 3.8) is 0 Å². The van der Waals surface area contributed by atoms with E-state index in [1.165, 1.54) is 6.07 Å². The van der Waals surface area contributed by atoms with Gasteiger partial charge in [-0.15, -0.1) is 0 Å². The molecular weight excluding hydrogens is 263 g/mol. The highest BCUT2D eigenvalue weighted by molar-refractivity contribution is 6.00. The van der Waals surface area contributed by atoms with E-state index < -0.39 is 5.82 Å². The third kappa shape index (κ3) is 2.85. The average Bonchev–Trinajstić information content (AvgIpc) is 2.81. The standard InChI is InChI=1S/C14H15FN2O3/c1-9-12(14(18)16-7-8-19-2)13(17-20-9)10-5-3-4-6-11(10)15/h3-6H,7-8H2,1-2H3,(H,16,18). The zero-order valence-corrected chi connectivity index (χ0v) is 11.3. The molecule has 0 atom stereocenters. The van der Waals surface area contributed by atoms with Gasteiger partial charge in [-0.25, -0.2) is 4.39 Å². The topological polar surface area (TPSA) is 64.4 Å². The van der Waals surface area contributed by atoms with Crippen molar-refractivity contribution in [3.05, 3.63) is 41.4 Å². The first-order valence-electron chi connectivity index (χ1n) is 6.13. The molecule has 106 valence electrons. The van der Waals surface area contributed by atoms with Crippen molar-refractivity contribution in [1.29, 1.82) is 0 Å². The summed E-state index contributed by atoms with van der Waals surface area (Å²) in [7, 11) is 1.54. The lowest BCUT2D eigenvalue weighted by Crippen LogP contribution is -2.27. The molecule has 6 heteroatoms. The van der Waals surface area contributed by atoms with Gasteiger partial charge in [0.1, 0.15) is 22.8 Å². The molecule has 0 unspecified atom stereocenters. The fourth-order valence-electron chi connectivity index (χ4n) is 1.83. The normalized spacial score (nSPS) is 10.6. The maximum absolute atomic E-state index is 13.8. The maximum Gasteiger partial charge on any atom is 0.257 e. The van der Waals surface area contributed by atoms with Gasteiger partial charge in [0.2, 0.25) is 0 Å². The van der Waals surface area contributed by atoms with Gasteiger partial charge in [0.25, 0.3) is 5.91 Å². The van der Waals surface area contributed by atoms with Crippen LogP contribution >= 0.6 is 0 Å². The van der Waals surface area contributed by atoms with Crippen molar-refractivity contribution in [2.75, 3.05) is 20.3 Å². The Bertz CT molecular complexity index is 610. The second-order valence-corrected chi connectivity index (χ2v) is 4.19. The van der Waals surface area contributed by atoms with Gasteiger partial charge >= 0.3 is 0 Å². The van der Waals surface area contributed by atoms with E-state index in [-0.39, 0.29) is 22.7 Å². The number of carbonyl (C=O) groups excluding carboxylic acids is 1. The van der Waals surface area contributed by atoms with Gasteiger partial charge in [0.05, 0.1) is 6.61 Å². The molecule has 1 heterocycles. The van der Waals surface area contributed by atoms with E-state index in [9.17, 15) is 9.18 Å². The summed E-state index contributed by atoms with van der Waals surface area (Å²) < 4.78 is 23.7. The summed E-state index contributed by atoms with van der Waals surface area (Å²) in [4.78, 5) is 12.1. The lowest BCUT2D eigenvalue weighted by Gasteiger charge is -2.05. The van der Waals surface area contributed by atoms with Crippen molar-refractivity contribution >= 4 is 5.91 Å². The van der Waals surface area contributed by atoms with Crippen molar-refractivity contribution in [1.82, 2.24) is 10.5 Å². The van der Waals surface area contributed by atoms with Gasteiger partial charge in [-0.3, -0.25) is 4.79 Å². The second-order valence-electron chi connectivity index (χ2n) is 4.19. The second kappa shape index (κ2) is 6.29. The number of halogens is 1. The number of benzene rings is 1. The molecule has 1 aromatic heterocycles. The molecule has 0 spiro atoms. The monoisotopic (exact) mass is 278 g/mol. The van der Waals surface area contributed by atoms with Crippen LogP contribution in [0.5, 0.6) is 0 Å². The minimum Gasteiger partial charge on any atom is -0.383 e. The van der Waals surface area contributed by atoms with Gasteiger partial charge in [-0.05, 0) is 19.1 Å². The number of hydrogen-bond donors (Lipinski definition) is 1. The van der Waals surface area contributed by atoms with Crippen LogP contribution in [0.15, 0.2) is 28.8 Å². The molecular formula is C14H15FN2O3. The van der Waals surface area contributed by atoms with E-state index in [1.807, 2.05) is 0 Å². The molecule has 0 aliphatic carbocycles. The highest BCUT2D eigenvalue weighted by Gasteiger charge is 2.22. The number of aromatic nitrogens is 1. The Morgan fingerprint density at radius 3 is 2.90 bits per heavy atom. The van der Waals surface area contributed by atoms with Crippen LogP contribution < -0.4 is 5.32 Å². The molecule has 0 aliphatic rings. The Kier molecular flexibility index (Phi) is 4.47. The van der Waals surface area contributed by atoms with E-state index in [4.69, 9.17) is 9.26 Å². The molecule has 1 N–H and O–H groups in total. The van der Waals surface area contributed by atoms with Crippen LogP contribution in [-0.4, -0.2) is 31.3 Å². The summed E-state index contributed by atoms with van der Waals surface area (Å²) in [5.74, 6) is -0.469. The van der Waals surface area contributed by atoms with Crippen LogP contribution in [0.4, 0.5) is 4.39 Å². The largest absolute Gasteiger partial charge is 0.383 e. The van der Waals surface area contributed by atoms with E-state index in [0.29, 0.717) is 18.9 Å². The van der Waals surface area contributed by atoms with Gasteiger partial charge in [0, 0.05) is 19.2 Å². The maximum atomic E-state index is 13.8. The Morgan fingerprint density at radius 2 is 2.20 bits per heavy atom. The van der Waals surface area contributed by atoms with Gasteiger partial charge < -0.3 is 14.6 Å². The van der Waals surface area contributed by atoms with E-state index >= 15 is 0 Å². The minimum atomic E-state index is -0.452. The van der Waals surface area contributed by atoms with Crippen LogP contribution in [0.25, 0.3) is 11.3 Å². The van der Waals surface area contributed by atoms with Crippen molar-refractivity contribution in [3.8, 4) is 11.3 Å². The van der Waals surface area contributed by atoms with E-state index in [1.54, 1.807) is 32.2 Å². The Balaban J connectivity index is 2.33. The molecule has 0 saturated heterocycles. The third-order valence-electron chi connectivity index (χ3n) is 2.81. The van der Waals surface area contributed by atoms with Gasteiger partial charge in [0.15, 0.2) is 0 Å². The number of ether oxygens (including phenoxy) is 1. The first-order chi connectivity index (χ1) is 9.65. The molecule has 2 aromatic rings. The zero-order chi connectivity index (χ0) is 14.5. The van der Waals surface area contributed by atoms with Crippen molar-refractivity contribution in [2.24, 2.45) is 0 Å². The lowest BCUT2D eigenvalue weighted by molar-refractivity contribution is 0.0936. The third-order valence-corrected chi connectivity index (χ3v) is 2.81. The van der Waals surface area contributed by atoms with Gasteiger partial charge in [-0.2, -0.15) is 0 Å². The van der Waals surface area contributed by atoms with Crippen LogP contribution in [-0.2, 0) is 4.74 Å². The van der Waals surface area contributed by atoms with Crippen molar-refractivity contribution < 1.29 is 18.4 Å². The number of hydrogen-bond acceptors (Lipinski definition) is 4. The number of rotatable bonds is 5. The number of amides is 1. The quantitative estimate of drug-likeness (QED) is 0.851. The van der Waals surface area contributed by atoms with Crippen LogP contribution in [0.2, 0.25) is 0 Å². The molecule has 1 aromatic carbocycles. The number of methoxy groups -OCH3 is 1. The number of nitrogens with zero attached hydrogens (tertiary/aromatic N) is 1. The molecule has 0 aliphatic heterocycles. The predicted octanol–water partition coefficient (Wildman–Crippen LogP) is 2.17. The highest BCUT2D eigenvalue weighted by Crippen LogP contribution is 2.27. The molecule has 0 fully saturated rings. The van der Waals surface area contributed by atoms with Gasteiger partial charge in [-0.1, -0.05) is 17.3 Å². The summed E-state index contributed by atoms with van der Waals surface area (Å²) in [5, 5.41) is 6.46. The lowest BCUT2D eigenvalue weighted by atomic mass is 10.1. The highest BCUT2D eigenvalue weighted by atomic mass is 19.1. The van der Waals surface area contributed by atoms with Crippen molar-refractivity contribution in [2.45, 2.75) is 6.92 Å². The Hall–Kier alpha value is -2.21. The summed E-state index contributed by atoms with van der Waals surface area (Å²) in [5.41, 5.74) is 0.683. The molecule has 20 heavy (non-hydrogen) atoms. The zero-order valence-electron chi connectivity index (χ0n) is 11.3. The molecule has 5 nitrogen and oxygen atoms in total. The predicted molar refractivity (Wildman–Crippen MR) is 70.8 cm³/mol. The molecule has 1 amide bonds.